The number of nitrogens with zero attached hydrogens (tertiary/aromatic N) is 2. The quantitative estimate of drug-likeness (QED) is 0.777. The Labute approximate surface area is 112 Å². The van der Waals surface area contributed by atoms with E-state index in [2.05, 4.69) is 4.99 Å². The average Bonchev–Trinajstić information content (AvgIpc) is 2.27. The van der Waals surface area contributed by atoms with Gasteiger partial charge in [0, 0.05) is 13.0 Å². The van der Waals surface area contributed by atoms with Gasteiger partial charge in [-0.05, 0) is 27.7 Å². The molecule has 1 atom stereocenters. The van der Waals surface area contributed by atoms with E-state index in [1.54, 1.807) is 20.8 Å². The number of aliphatic imine (C=N–C) groups is 1. The molecule has 0 aromatic carbocycles. The molecule has 1 aliphatic heterocycles. The van der Waals surface area contributed by atoms with E-state index in [0.717, 1.165) is 0 Å². The fourth-order valence-electron chi connectivity index (χ4n) is 1.48. The molecule has 106 valence electrons. The first-order valence-electron chi connectivity index (χ1n) is 6.15. The van der Waals surface area contributed by atoms with Crippen LogP contribution in [0.1, 0.15) is 34.1 Å². The van der Waals surface area contributed by atoms with Gasteiger partial charge in [-0.1, -0.05) is 12.2 Å². The Balaban J connectivity index is 2.87. The first kappa shape index (κ1) is 15.2. The summed E-state index contributed by atoms with van der Waals surface area (Å²) in [7, 11) is 0. The number of rotatable bonds is 2. The monoisotopic (exact) mass is 268 g/mol. The Hall–Kier alpha value is -1.85. The predicted molar refractivity (Wildman–Crippen MR) is 71.2 cm³/mol. The second kappa shape index (κ2) is 5.86. The van der Waals surface area contributed by atoms with Gasteiger partial charge >= 0.3 is 12.1 Å². The summed E-state index contributed by atoms with van der Waals surface area (Å²) in [5.41, 5.74) is -0.595. The minimum atomic E-state index is -1.02. The molecular weight excluding hydrogens is 248 g/mol. The molecule has 1 amide bonds. The molecule has 1 aliphatic rings. The van der Waals surface area contributed by atoms with Gasteiger partial charge in [0.1, 0.15) is 17.5 Å². The lowest BCUT2D eigenvalue weighted by Gasteiger charge is -2.29. The van der Waals surface area contributed by atoms with Crippen molar-refractivity contribution >= 4 is 17.9 Å². The van der Waals surface area contributed by atoms with Crippen LogP contribution in [-0.4, -0.2) is 46.1 Å². The highest BCUT2D eigenvalue weighted by Crippen LogP contribution is 2.14. The van der Waals surface area contributed by atoms with E-state index in [4.69, 9.17) is 9.84 Å². The molecule has 19 heavy (non-hydrogen) atoms. The highest BCUT2D eigenvalue weighted by Gasteiger charge is 2.26. The molecule has 0 radical (unpaired) electrons. The summed E-state index contributed by atoms with van der Waals surface area (Å²) in [5, 5.41) is 8.86. The summed E-state index contributed by atoms with van der Waals surface area (Å²) in [6.07, 6.45) is 3.60. The van der Waals surface area contributed by atoms with Crippen LogP contribution in [0.3, 0.4) is 0 Å². The number of carboxylic acid groups (broad SMARTS) is 1. The van der Waals surface area contributed by atoms with E-state index < -0.39 is 23.7 Å². The molecule has 0 unspecified atom stereocenters. The topological polar surface area (TPSA) is 79.2 Å². The van der Waals surface area contributed by atoms with Gasteiger partial charge in [-0.3, -0.25) is 9.89 Å². The summed E-state index contributed by atoms with van der Waals surface area (Å²) < 4.78 is 5.27. The van der Waals surface area contributed by atoms with Crippen LogP contribution in [0.4, 0.5) is 4.79 Å². The Bertz CT molecular complexity index is 421. The number of amidine groups is 1. The summed E-state index contributed by atoms with van der Waals surface area (Å²) in [4.78, 5) is 28.3. The maximum Gasteiger partial charge on any atom is 0.416 e. The lowest BCUT2D eigenvalue weighted by atomic mass is 10.2. The zero-order valence-corrected chi connectivity index (χ0v) is 11.7. The van der Waals surface area contributed by atoms with Gasteiger partial charge in [-0.15, -0.1) is 0 Å². The molecular formula is C13H20N2O4. The van der Waals surface area contributed by atoms with Crippen LogP contribution in [-0.2, 0) is 9.53 Å². The van der Waals surface area contributed by atoms with Gasteiger partial charge in [0.05, 0.1) is 0 Å². The largest absolute Gasteiger partial charge is 0.480 e. The van der Waals surface area contributed by atoms with Crippen LogP contribution in [0.2, 0.25) is 0 Å². The van der Waals surface area contributed by atoms with Crippen LogP contribution < -0.4 is 0 Å². The molecule has 6 heteroatoms. The number of hydrogen-bond acceptors (Lipinski definition) is 4. The third-order valence-corrected chi connectivity index (χ3v) is 2.38. The third-order valence-electron chi connectivity index (χ3n) is 2.38. The number of ether oxygens (including phenoxy) is 1. The number of amides is 1. The smallest absolute Gasteiger partial charge is 0.416 e. The zero-order chi connectivity index (χ0) is 14.6. The Morgan fingerprint density at radius 3 is 2.58 bits per heavy atom. The second-order valence-electron chi connectivity index (χ2n) is 5.33. The van der Waals surface area contributed by atoms with Crippen LogP contribution in [0.5, 0.6) is 0 Å². The lowest BCUT2D eigenvalue weighted by Crippen LogP contribution is -2.42. The fourth-order valence-corrected chi connectivity index (χ4v) is 1.48. The maximum absolute atomic E-state index is 12.0. The standard InChI is InChI=1S/C13H20N2O4/c1-9(11(16)17)14-10-7-5-6-8-15(10)12(18)19-13(2,3)4/h5-6,9H,7-8H2,1-4H3,(H,16,17)/t9-/m0/s1. The Kier molecular flexibility index (Phi) is 4.69. The molecule has 0 aromatic rings. The van der Waals surface area contributed by atoms with Gasteiger partial charge in [0.25, 0.3) is 0 Å². The molecule has 1 heterocycles. The highest BCUT2D eigenvalue weighted by atomic mass is 16.6. The maximum atomic E-state index is 12.0. The van der Waals surface area contributed by atoms with Crippen LogP contribution in [0.25, 0.3) is 0 Å². The van der Waals surface area contributed by atoms with E-state index in [-0.39, 0.29) is 0 Å². The summed E-state index contributed by atoms with van der Waals surface area (Å²) in [5.74, 6) is -0.599. The van der Waals surface area contributed by atoms with Crippen molar-refractivity contribution < 1.29 is 19.4 Å². The minimum Gasteiger partial charge on any atom is -0.480 e. The van der Waals surface area contributed by atoms with Crippen molar-refractivity contribution in [1.82, 2.24) is 4.90 Å². The number of carbonyl (C=O) groups excluding carboxylic acids is 1. The normalized spacial score (nSPS) is 19.4. The average molecular weight is 268 g/mol. The first-order chi connectivity index (χ1) is 8.70. The number of hydrogen-bond donors (Lipinski definition) is 1. The predicted octanol–water partition coefficient (Wildman–Crippen LogP) is 2.05. The molecule has 0 aromatic heterocycles. The van der Waals surface area contributed by atoms with Gasteiger partial charge < -0.3 is 9.84 Å². The third kappa shape index (κ3) is 4.73. The molecule has 0 spiro atoms. The van der Waals surface area contributed by atoms with Crippen molar-refractivity contribution in [2.45, 2.75) is 45.8 Å². The molecule has 1 rings (SSSR count). The van der Waals surface area contributed by atoms with Crippen molar-refractivity contribution in [3.63, 3.8) is 0 Å². The summed E-state index contributed by atoms with van der Waals surface area (Å²) >= 11 is 0. The van der Waals surface area contributed by atoms with Crippen molar-refractivity contribution in [3.8, 4) is 0 Å². The highest BCUT2D eigenvalue weighted by molar-refractivity contribution is 5.98. The molecule has 0 saturated heterocycles. The summed E-state index contributed by atoms with van der Waals surface area (Å²) in [6.45, 7) is 7.16. The lowest BCUT2D eigenvalue weighted by molar-refractivity contribution is -0.138. The van der Waals surface area contributed by atoms with Crippen molar-refractivity contribution in [2.75, 3.05) is 6.54 Å². The van der Waals surface area contributed by atoms with Gasteiger partial charge in [0.2, 0.25) is 0 Å². The Morgan fingerprint density at radius 2 is 2.05 bits per heavy atom. The van der Waals surface area contributed by atoms with Gasteiger partial charge in [-0.25, -0.2) is 9.59 Å². The Morgan fingerprint density at radius 1 is 1.42 bits per heavy atom. The molecule has 0 bridgehead atoms. The van der Waals surface area contributed by atoms with Crippen molar-refractivity contribution in [1.29, 1.82) is 0 Å². The number of aliphatic carboxylic acids is 1. The molecule has 0 saturated carbocycles. The number of carboxylic acids is 1. The van der Waals surface area contributed by atoms with E-state index in [1.165, 1.54) is 11.8 Å². The van der Waals surface area contributed by atoms with E-state index >= 15 is 0 Å². The van der Waals surface area contributed by atoms with Gasteiger partial charge in [0.15, 0.2) is 0 Å². The van der Waals surface area contributed by atoms with E-state index in [1.807, 2.05) is 12.2 Å². The van der Waals surface area contributed by atoms with E-state index in [0.29, 0.717) is 18.8 Å². The van der Waals surface area contributed by atoms with Crippen molar-refractivity contribution in [2.24, 2.45) is 4.99 Å². The minimum absolute atomic E-state index is 0.347. The van der Waals surface area contributed by atoms with E-state index in [9.17, 15) is 9.59 Å². The number of carbonyl (C=O) groups is 2. The van der Waals surface area contributed by atoms with Crippen LogP contribution >= 0.6 is 0 Å². The van der Waals surface area contributed by atoms with Gasteiger partial charge in [-0.2, -0.15) is 0 Å². The molecule has 6 nitrogen and oxygen atoms in total. The zero-order valence-electron chi connectivity index (χ0n) is 11.7. The van der Waals surface area contributed by atoms with Crippen molar-refractivity contribution in [3.05, 3.63) is 12.2 Å². The fraction of sp³-hybridized carbons (Fsp3) is 0.615. The molecule has 1 N–H and O–H groups in total. The second-order valence-corrected chi connectivity index (χ2v) is 5.33. The molecule has 0 fully saturated rings. The van der Waals surface area contributed by atoms with Crippen LogP contribution in [0, 0.1) is 0 Å². The SMILES string of the molecule is C[C@H](N=C1CC=CCN1C(=O)OC(C)(C)C)C(=O)O. The van der Waals surface area contributed by atoms with Crippen LogP contribution in [0.15, 0.2) is 17.1 Å². The first-order valence-corrected chi connectivity index (χ1v) is 6.15. The summed E-state index contributed by atoms with van der Waals surface area (Å²) in [6, 6.07) is -0.883. The molecule has 0 aliphatic carbocycles.